The molecule has 0 spiro atoms. The Kier molecular flexibility index (Phi) is 3.46. The van der Waals surface area contributed by atoms with Gasteiger partial charge in [-0.3, -0.25) is 9.97 Å². The zero-order valence-electron chi connectivity index (χ0n) is 9.95. The lowest BCUT2D eigenvalue weighted by atomic mass is 10.0. The fraction of sp³-hybridized carbons (Fsp3) is 0.143. The standard InChI is InChI=1S/C14H11ClN2OS/c15-12-4-3-11(14-10(12)2-1-5-17-14)13(18)6-9-7-16-8-19-9/h1-5,7-8,13,18H,6H2. The number of aliphatic hydroxyl groups is 1. The van der Waals surface area contributed by atoms with E-state index < -0.39 is 6.10 Å². The molecule has 2 aromatic heterocycles. The van der Waals surface area contributed by atoms with Gasteiger partial charge in [-0.2, -0.15) is 0 Å². The second kappa shape index (κ2) is 5.25. The second-order valence-electron chi connectivity index (χ2n) is 4.22. The number of rotatable bonds is 3. The molecule has 0 aliphatic carbocycles. The number of halogens is 1. The summed E-state index contributed by atoms with van der Waals surface area (Å²) in [6, 6.07) is 7.39. The molecule has 0 radical (unpaired) electrons. The normalized spacial score (nSPS) is 12.7. The van der Waals surface area contributed by atoms with Crippen LogP contribution in [0.4, 0.5) is 0 Å². The van der Waals surface area contributed by atoms with Gasteiger partial charge in [-0.05, 0) is 18.2 Å². The van der Waals surface area contributed by atoms with Crippen LogP contribution in [0.15, 0.2) is 42.2 Å². The van der Waals surface area contributed by atoms with E-state index in [1.54, 1.807) is 24.0 Å². The van der Waals surface area contributed by atoms with Crippen LogP contribution >= 0.6 is 22.9 Å². The van der Waals surface area contributed by atoms with Crippen molar-refractivity contribution in [3.63, 3.8) is 0 Å². The Morgan fingerprint density at radius 3 is 3.00 bits per heavy atom. The molecule has 0 amide bonds. The second-order valence-corrected chi connectivity index (χ2v) is 5.60. The van der Waals surface area contributed by atoms with Crippen LogP contribution in [0.1, 0.15) is 16.5 Å². The molecular formula is C14H11ClN2OS. The molecule has 0 saturated heterocycles. The highest BCUT2D eigenvalue weighted by Crippen LogP contribution is 2.30. The summed E-state index contributed by atoms with van der Waals surface area (Å²) in [6.07, 6.45) is 3.43. The average molecular weight is 291 g/mol. The molecule has 0 fully saturated rings. The van der Waals surface area contributed by atoms with Crippen LogP contribution in [-0.4, -0.2) is 15.1 Å². The van der Waals surface area contributed by atoms with Gasteiger partial charge in [-0.1, -0.05) is 17.7 Å². The summed E-state index contributed by atoms with van der Waals surface area (Å²) in [7, 11) is 0. The van der Waals surface area contributed by atoms with Crippen molar-refractivity contribution in [3.8, 4) is 0 Å². The highest BCUT2D eigenvalue weighted by atomic mass is 35.5. The molecule has 1 aromatic carbocycles. The van der Waals surface area contributed by atoms with Crippen molar-refractivity contribution in [1.29, 1.82) is 0 Å². The number of hydrogen-bond acceptors (Lipinski definition) is 4. The maximum Gasteiger partial charge on any atom is 0.0859 e. The summed E-state index contributed by atoms with van der Waals surface area (Å²) in [4.78, 5) is 9.40. The van der Waals surface area contributed by atoms with Crippen LogP contribution in [0.2, 0.25) is 5.02 Å². The third-order valence-corrected chi connectivity index (χ3v) is 4.12. The van der Waals surface area contributed by atoms with Crippen LogP contribution < -0.4 is 0 Å². The van der Waals surface area contributed by atoms with E-state index in [1.165, 1.54) is 11.3 Å². The minimum atomic E-state index is -0.602. The van der Waals surface area contributed by atoms with Gasteiger partial charge in [0.05, 0.1) is 17.1 Å². The molecule has 0 saturated carbocycles. The first-order valence-corrected chi connectivity index (χ1v) is 7.10. The fourth-order valence-corrected chi connectivity index (χ4v) is 2.92. The highest BCUT2D eigenvalue weighted by molar-refractivity contribution is 7.09. The predicted molar refractivity (Wildman–Crippen MR) is 77.5 cm³/mol. The van der Waals surface area contributed by atoms with E-state index >= 15 is 0 Å². The van der Waals surface area contributed by atoms with Crippen LogP contribution in [0.5, 0.6) is 0 Å². The minimum Gasteiger partial charge on any atom is -0.388 e. The number of nitrogens with zero attached hydrogens (tertiary/aromatic N) is 2. The zero-order chi connectivity index (χ0) is 13.2. The predicted octanol–water partition coefficient (Wildman–Crippen LogP) is 3.62. The van der Waals surface area contributed by atoms with Crippen molar-refractivity contribution in [2.45, 2.75) is 12.5 Å². The molecule has 1 N–H and O–H groups in total. The Balaban J connectivity index is 2.03. The van der Waals surface area contributed by atoms with Crippen molar-refractivity contribution in [1.82, 2.24) is 9.97 Å². The molecule has 1 unspecified atom stereocenters. The number of thiazole rings is 1. The van der Waals surface area contributed by atoms with Gasteiger partial charge < -0.3 is 5.11 Å². The van der Waals surface area contributed by atoms with Crippen molar-refractivity contribution >= 4 is 33.8 Å². The molecule has 3 nitrogen and oxygen atoms in total. The van der Waals surface area contributed by atoms with Gasteiger partial charge in [-0.15, -0.1) is 11.3 Å². The van der Waals surface area contributed by atoms with Crippen LogP contribution in [0.25, 0.3) is 10.9 Å². The number of pyridine rings is 1. The molecule has 19 heavy (non-hydrogen) atoms. The number of fused-ring (bicyclic) bond motifs is 1. The molecule has 3 rings (SSSR count). The molecule has 0 aliphatic heterocycles. The lowest BCUT2D eigenvalue weighted by Crippen LogP contribution is -2.02. The molecule has 0 bridgehead atoms. The van der Waals surface area contributed by atoms with Gasteiger partial charge in [0.1, 0.15) is 0 Å². The lowest BCUT2D eigenvalue weighted by molar-refractivity contribution is 0.180. The molecular weight excluding hydrogens is 280 g/mol. The molecule has 3 aromatic rings. The van der Waals surface area contributed by atoms with Gasteiger partial charge in [-0.25, -0.2) is 0 Å². The molecule has 1 atom stereocenters. The van der Waals surface area contributed by atoms with E-state index in [2.05, 4.69) is 9.97 Å². The van der Waals surface area contributed by atoms with E-state index in [1.807, 2.05) is 18.2 Å². The Labute approximate surface area is 119 Å². The first-order chi connectivity index (χ1) is 9.25. The first-order valence-electron chi connectivity index (χ1n) is 5.84. The van der Waals surface area contributed by atoms with Gasteiger partial charge in [0.2, 0.25) is 0 Å². The zero-order valence-corrected chi connectivity index (χ0v) is 11.5. The van der Waals surface area contributed by atoms with Gasteiger partial charge in [0.15, 0.2) is 0 Å². The summed E-state index contributed by atoms with van der Waals surface area (Å²) in [5, 5.41) is 11.9. The van der Waals surface area contributed by atoms with E-state index in [9.17, 15) is 5.11 Å². The van der Waals surface area contributed by atoms with Gasteiger partial charge >= 0.3 is 0 Å². The molecule has 5 heteroatoms. The maximum atomic E-state index is 10.4. The molecule has 96 valence electrons. The third-order valence-electron chi connectivity index (χ3n) is 2.98. The number of benzene rings is 1. The monoisotopic (exact) mass is 290 g/mol. The van der Waals surface area contributed by atoms with E-state index in [0.717, 1.165) is 21.3 Å². The van der Waals surface area contributed by atoms with Crippen molar-refractivity contribution in [3.05, 3.63) is 57.6 Å². The number of hydrogen-bond donors (Lipinski definition) is 1. The Morgan fingerprint density at radius 2 is 2.21 bits per heavy atom. The summed E-state index contributed by atoms with van der Waals surface area (Å²) < 4.78 is 0. The number of aromatic nitrogens is 2. The van der Waals surface area contributed by atoms with Crippen molar-refractivity contribution in [2.75, 3.05) is 0 Å². The number of aliphatic hydroxyl groups excluding tert-OH is 1. The smallest absolute Gasteiger partial charge is 0.0859 e. The van der Waals surface area contributed by atoms with Crippen molar-refractivity contribution < 1.29 is 5.11 Å². The van der Waals surface area contributed by atoms with E-state index in [0.29, 0.717) is 11.4 Å². The lowest BCUT2D eigenvalue weighted by Gasteiger charge is -2.12. The molecule has 0 aliphatic rings. The summed E-state index contributed by atoms with van der Waals surface area (Å²) in [5.41, 5.74) is 3.32. The largest absolute Gasteiger partial charge is 0.388 e. The molecule has 2 heterocycles. The third kappa shape index (κ3) is 2.47. The average Bonchev–Trinajstić information content (AvgIpc) is 2.92. The van der Waals surface area contributed by atoms with E-state index in [-0.39, 0.29) is 0 Å². The SMILES string of the molecule is OC(Cc1cncs1)c1ccc(Cl)c2cccnc12. The quantitative estimate of drug-likeness (QED) is 0.801. The van der Waals surface area contributed by atoms with Gasteiger partial charge in [0.25, 0.3) is 0 Å². The van der Waals surface area contributed by atoms with Crippen LogP contribution in [0, 0.1) is 0 Å². The Morgan fingerprint density at radius 1 is 1.32 bits per heavy atom. The summed E-state index contributed by atoms with van der Waals surface area (Å²) in [6.45, 7) is 0. The fourth-order valence-electron chi connectivity index (χ4n) is 2.07. The minimum absolute atomic E-state index is 0.540. The van der Waals surface area contributed by atoms with Gasteiger partial charge in [0, 0.05) is 39.7 Å². The Bertz CT molecular complexity index is 700. The maximum absolute atomic E-state index is 10.4. The van der Waals surface area contributed by atoms with Crippen LogP contribution in [0.3, 0.4) is 0 Å². The topological polar surface area (TPSA) is 46.0 Å². The first kappa shape index (κ1) is 12.5. The van der Waals surface area contributed by atoms with E-state index in [4.69, 9.17) is 11.6 Å². The Hall–Kier alpha value is -1.49. The van der Waals surface area contributed by atoms with Crippen LogP contribution in [-0.2, 0) is 6.42 Å². The summed E-state index contributed by atoms with van der Waals surface area (Å²) >= 11 is 7.68. The van der Waals surface area contributed by atoms with Crippen molar-refractivity contribution in [2.24, 2.45) is 0 Å². The summed E-state index contributed by atoms with van der Waals surface area (Å²) in [5.74, 6) is 0. The highest BCUT2D eigenvalue weighted by Gasteiger charge is 2.15.